The first-order valence-corrected chi connectivity index (χ1v) is 10.4. The fourth-order valence-corrected chi connectivity index (χ4v) is 3.16. The number of carbonyl (C=O) groups excluding carboxylic acids is 2. The van der Waals surface area contributed by atoms with Crippen molar-refractivity contribution in [3.05, 3.63) is 90.3 Å². The number of nitrogens with zero attached hydrogens (tertiary/aromatic N) is 3. The summed E-state index contributed by atoms with van der Waals surface area (Å²) in [6.07, 6.45) is 7.86. The van der Waals surface area contributed by atoms with E-state index in [4.69, 9.17) is 0 Å². The number of hydrogen-bond acceptors (Lipinski definition) is 5. The molecule has 1 atom stereocenters. The first-order chi connectivity index (χ1) is 15.6. The van der Waals surface area contributed by atoms with E-state index in [1.54, 1.807) is 25.5 Å². The zero-order valence-electron chi connectivity index (χ0n) is 18.2. The van der Waals surface area contributed by atoms with Gasteiger partial charge in [-0.1, -0.05) is 54.6 Å². The van der Waals surface area contributed by atoms with Crippen LogP contribution in [0.2, 0.25) is 0 Å². The molecule has 2 aromatic carbocycles. The molecule has 0 aliphatic carbocycles. The summed E-state index contributed by atoms with van der Waals surface area (Å²) in [6.45, 7) is 0. The number of hydrogen-bond donors (Lipinski definition) is 2. The number of likely N-dealkylation sites (N-methyl/N-ethyl adjacent to an activating group) is 1. The normalized spacial score (nSPS) is 11.7. The van der Waals surface area contributed by atoms with Gasteiger partial charge in [-0.05, 0) is 35.7 Å². The number of rotatable bonds is 9. The summed E-state index contributed by atoms with van der Waals surface area (Å²) in [5.74, 6) is 0.208. The number of amides is 2. The van der Waals surface area contributed by atoms with Gasteiger partial charge < -0.3 is 15.5 Å². The summed E-state index contributed by atoms with van der Waals surface area (Å²) in [5, 5.41) is 5.44. The van der Waals surface area contributed by atoms with E-state index in [2.05, 4.69) is 20.6 Å². The molecule has 7 nitrogen and oxygen atoms in total. The van der Waals surface area contributed by atoms with Crippen molar-refractivity contribution in [3.63, 3.8) is 0 Å². The Balaban J connectivity index is 1.58. The topological polar surface area (TPSA) is 87.2 Å². The van der Waals surface area contributed by atoms with E-state index in [1.807, 2.05) is 78.7 Å². The Morgan fingerprint density at radius 1 is 1.00 bits per heavy atom. The molecule has 3 rings (SSSR count). The van der Waals surface area contributed by atoms with Crippen LogP contribution in [0.25, 0.3) is 6.08 Å². The van der Waals surface area contributed by atoms with Gasteiger partial charge in [-0.15, -0.1) is 0 Å². The Kier molecular flexibility index (Phi) is 8.09. The van der Waals surface area contributed by atoms with Gasteiger partial charge in [0.25, 0.3) is 0 Å². The van der Waals surface area contributed by atoms with Crippen molar-refractivity contribution >= 4 is 29.5 Å². The Morgan fingerprint density at radius 3 is 2.34 bits per heavy atom. The van der Waals surface area contributed by atoms with Crippen molar-refractivity contribution in [2.45, 2.75) is 18.9 Å². The second kappa shape index (κ2) is 11.4. The van der Waals surface area contributed by atoms with Gasteiger partial charge in [0.05, 0.1) is 6.42 Å². The van der Waals surface area contributed by atoms with Gasteiger partial charge in [-0.3, -0.25) is 9.59 Å². The maximum Gasteiger partial charge on any atom is 0.242 e. The average Bonchev–Trinajstić information content (AvgIpc) is 2.84. The fourth-order valence-electron chi connectivity index (χ4n) is 3.16. The van der Waals surface area contributed by atoms with Gasteiger partial charge in [0.1, 0.15) is 6.04 Å². The lowest BCUT2D eigenvalue weighted by molar-refractivity contribution is -0.128. The van der Waals surface area contributed by atoms with Crippen LogP contribution in [0.1, 0.15) is 17.5 Å². The second-order valence-electron chi connectivity index (χ2n) is 7.23. The second-order valence-corrected chi connectivity index (χ2v) is 7.23. The number of nitrogens with one attached hydrogen (secondary N) is 2. The maximum atomic E-state index is 12.4. The summed E-state index contributed by atoms with van der Waals surface area (Å²) >= 11 is 0. The highest BCUT2D eigenvalue weighted by Gasteiger charge is 2.18. The minimum Gasteiger partial charge on any atom is -0.357 e. The van der Waals surface area contributed by atoms with Crippen LogP contribution in [0.3, 0.4) is 0 Å². The summed E-state index contributed by atoms with van der Waals surface area (Å²) in [6, 6.07) is 18.5. The highest BCUT2D eigenvalue weighted by molar-refractivity contribution is 5.88. The van der Waals surface area contributed by atoms with E-state index in [0.717, 1.165) is 16.8 Å². The van der Waals surface area contributed by atoms with E-state index in [1.165, 1.54) is 0 Å². The first kappa shape index (κ1) is 22.7. The molecule has 0 aliphatic heterocycles. The van der Waals surface area contributed by atoms with Crippen LogP contribution in [0, 0.1) is 0 Å². The number of aromatic nitrogens is 2. The van der Waals surface area contributed by atoms with E-state index >= 15 is 0 Å². The monoisotopic (exact) mass is 429 g/mol. The van der Waals surface area contributed by atoms with Crippen molar-refractivity contribution < 1.29 is 9.59 Å². The molecule has 1 aromatic heterocycles. The zero-order valence-corrected chi connectivity index (χ0v) is 18.2. The molecule has 164 valence electrons. The lowest BCUT2D eigenvalue weighted by Crippen LogP contribution is -2.45. The van der Waals surface area contributed by atoms with E-state index < -0.39 is 6.04 Å². The van der Waals surface area contributed by atoms with Crippen LogP contribution in [0.5, 0.6) is 0 Å². The van der Waals surface area contributed by atoms with Crippen molar-refractivity contribution in [1.82, 2.24) is 20.6 Å². The smallest absolute Gasteiger partial charge is 0.242 e. The largest absolute Gasteiger partial charge is 0.357 e. The summed E-state index contributed by atoms with van der Waals surface area (Å²) in [5.41, 5.74) is 2.86. The third-order valence-corrected chi connectivity index (χ3v) is 4.92. The number of anilines is 2. The lowest BCUT2D eigenvalue weighted by Gasteiger charge is -2.17. The van der Waals surface area contributed by atoms with Gasteiger partial charge in [-0.25, -0.2) is 9.97 Å². The molecular weight excluding hydrogens is 402 g/mol. The maximum absolute atomic E-state index is 12.4. The van der Waals surface area contributed by atoms with Crippen LogP contribution >= 0.6 is 0 Å². The summed E-state index contributed by atoms with van der Waals surface area (Å²) in [4.78, 5) is 35.0. The molecule has 2 amide bonds. The van der Waals surface area contributed by atoms with Crippen LogP contribution < -0.4 is 15.5 Å². The molecule has 3 aromatic rings. The van der Waals surface area contributed by atoms with Crippen molar-refractivity contribution in [2.75, 3.05) is 19.0 Å². The molecular formula is C25H27N5O2. The van der Waals surface area contributed by atoms with Crippen LogP contribution in [0.4, 0.5) is 11.6 Å². The lowest BCUT2D eigenvalue weighted by atomic mass is 10.1. The van der Waals surface area contributed by atoms with Gasteiger partial charge >= 0.3 is 0 Å². The van der Waals surface area contributed by atoms with Gasteiger partial charge in [0, 0.05) is 32.2 Å². The molecule has 0 radical (unpaired) electrons. The molecule has 2 N–H and O–H groups in total. The van der Waals surface area contributed by atoms with Crippen LogP contribution in [0.15, 0.2) is 79.1 Å². The molecule has 7 heteroatoms. The minimum atomic E-state index is -0.631. The zero-order chi connectivity index (χ0) is 22.8. The van der Waals surface area contributed by atoms with Crippen molar-refractivity contribution in [1.29, 1.82) is 0 Å². The van der Waals surface area contributed by atoms with E-state index in [9.17, 15) is 9.59 Å². The third-order valence-electron chi connectivity index (χ3n) is 4.92. The van der Waals surface area contributed by atoms with Gasteiger partial charge in [-0.2, -0.15) is 0 Å². The summed E-state index contributed by atoms with van der Waals surface area (Å²) in [7, 11) is 3.47. The molecule has 0 aliphatic rings. The first-order valence-electron chi connectivity index (χ1n) is 10.4. The molecule has 0 spiro atoms. The Labute approximate surface area is 188 Å². The number of carbonyl (C=O) groups is 2. The van der Waals surface area contributed by atoms with Crippen LogP contribution in [-0.2, 0) is 16.0 Å². The predicted molar refractivity (Wildman–Crippen MR) is 126 cm³/mol. The molecule has 1 heterocycles. The number of benzene rings is 2. The van der Waals surface area contributed by atoms with E-state index in [-0.39, 0.29) is 18.2 Å². The molecule has 0 saturated carbocycles. The predicted octanol–water partition coefficient (Wildman–Crippen LogP) is 3.12. The Hall–Kier alpha value is -4.00. The molecule has 32 heavy (non-hydrogen) atoms. The molecule has 0 saturated heterocycles. The molecule has 0 fully saturated rings. The van der Waals surface area contributed by atoms with E-state index in [0.29, 0.717) is 12.4 Å². The summed E-state index contributed by atoms with van der Waals surface area (Å²) < 4.78 is 0. The van der Waals surface area contributed by atoms with Gasteiger partial charge in [0.2, 0.25) is 17.8 Å². The standard InChI is InChI=1S/C25H27N5O2/c1-26-24(32)22(29-23(31)18-20-8-4-3-5-9-20)11-6-10-19-12-14-21(15-13-19)30(2)25-27-16-7-17-28-25/h3-10,12-17,22H,11,18H2,1-2H3,(H,26,32)(H,29,31). The highest BCUT2D eigenvalue weighted by atomic mass is 16.2. The Bertz CT molecular complexity index is 1040. The minimum absolute atomic E-state index is 0.186. The SMILES string of the molecule is CNC(=O)C(CC=Cc1ccc(N(C)c2ncccn2)cc1)NC(=O)Cc1ccccc1. The quantitative estimate of drug-likeness (QED) is 0.546. The molecule has 0 bridgehead atoms. The fraction of sp³-hybridized carbons (Fsp3) is 0.200. The van der Waals surface area contributed by atoms with Gasteiger partial charge in [0.15, 0.2) is 0 Å². The Morgan fingerprint density at radius 2 is 1.69 bits per heavy atom. The van der Waals surface area contributed by atoms with Crippen LogP contribution in [-0.4, -0.2) is 41.9 Å². The van der Waals surface area contributed by atoms with Crippen molar-refractivity contribution in [2.24, 2.45) is 0 Å². The average molecular weight is 430 g/mol. The van der Waals surface area contributed by atoms with Crippen molar-refractivity contribution in [3.8, 4) is 0 Å². The molecule has 1 unspecified atom stereocenters. The highest BCUT2D eigenvalue weighted by Crippen LogP contribution is 2.20. The third kappa shape index (κ3) is 6.50.